The van der Waals surface area contributed by atoms with Gasteiger partial charge in [0.15, 0.2) is 17.2 Å². The summed E-state index contributed by atoms with van der Waals surface area (Å²) >= 11 is 0. The van der Waals surface area contributed by atoms with Crippen LogP contribution in [-0.2, 0) is 16.1 Å². The van der Waals surface area contributed by atoms with E-state index in [1.807, 2.05) is 37.3 Å². The fourth-order valence-corrected chi connectivity index (χ4v) is 3.05. The molecule has 0 aromatic heterocycles. The van der Waals surface area contributed by atoms with E-state index in [4.69, 9.17) is 14.2 Å². The smallest absolute Gasteiger partial charge is 0.363 e. The molecule has 3 aromatic rings. The molecule has 0 fully saturated rings. The summed E-state index contributed by atoms with van der Waals surface area (Å²) in [6.45, 7) is 2.74. The Morgan fingerprint density at radius 3 is 2.52 bits per heavy atom. The topological polar surface area (TPSA) is 57.1 Å². The van der Waals surface area contributed by atoms with Crippen LogP contribution in [0.4, 0.5) is 4.39 Å². The summed E-state index contributed by atoms with van der Waals surface area (Å²) in [4.78, 5) is 16.4. The molecule has 6 heteroatoms. The number of esters is 1. The minimum absolute atomic E-state index is 0.0535. The molecule has 0 amide bonds. The Kier molecular flexibility index (Phi) is 6.08. The molecular formula is C25H20FNO4. The number of carbonyl (C=O) groups excluding carboxylic acids is 1. The van der Waals surface area contributed by atoms with Crippen molar-refractivity contribution in [2.24, 2.45) is 4.99 Å². The number of cyclic esters (lactones) is 1. The molecule has 0 bridgehead atoms. The SMILES string of the molecule is CCOc1cc(C=C2N=C(c3ccccc3F)OC2=O)ccc1OCc1ccccc1. The van der Waals surface area contributed by atoms with Crippen molar-refractivity contribution in [3.63, 3.8) is 0 Å². The van der Waals surface area contributed by atoms with Crippen LogP contribution in [0.25, 0.3) is 6.08 Å². The first-order valence-corrected chi connectivity index (χ1v) is 9.85. The number of rotatable bonds is 7. The summed E-state index contributed by atoms with van der Waals surface area (Å²) in [5, 5.41) is 0. The number of hydrogen-bond donors (Lipinski definition) is 0. The minimum atomic E-state index is -0.638. The highest BCUT2D eigenvalue weighted by Gasteiger charge is 2.26. The second-order valence-corrected chi connectivity index (χ2v) is 6.73. The maximum absolute atomic E-state index is 14.0. The Bertz CT molecular complexity index is 1160. The zero-order valence-corrected chi connectivity index (χ0v) is 16.9. The van der Waals surface area contributed by atoms with E-state index in [2.05, 4.69) is 4.99 Å². The Morgan fingerprint density at radius 2 is 1.74 bits per heavy atom. The van der Waals surface area contributed by atoms with Gasteiger partial charge in [0, 0.05) is 0 Å². The Morgan fingerprint density at radius 1 is 0.968 bits per heavy atom. The molecule has 4 rings (SSSR count). The molecule has 1 aliphatic rings. The van der Waals surface area contributed by atoms with E-state index in [9.17, 15) is 9.18 Å². The molecule has 0 radical (unpaired) electrons. The van der Waals surface area contributed by atoms with E-state index in [-0.39, 0.29) is 17.2 Å². The van der Waals surface area contributed by atoms with Gasteiger partial charge >= 0.3 is 5.97 Å². The molecule has 0 N–H and O–H groups in total. The van der Waals surface area contributed by atoms with Crippen molar-refractivity contribution in [2.75, 3.05) is 6.61 Å². The van der Waals surface area contributed by atoms with Crippen LogP contribution in [-0.4, -0.2) is 18.5 Å². The molecule has 5 nitrogen and oxygen atoms in total. The lowest BCUT2D eigenvalue weighted by atomic mass is 10.1. The maximum atomic E-state index is 14.0. The van der Waals surface area contributed by atoms with Crippen LogP contribution < -0.4 is 9.47 Å². The van der Waals surface area contributed by atoms with Crippen molar-refractivity contribution in [1.82, 2.24) is 0 Å². The minimum Gasteiger partial charge on any atom is -0.490 e. The first-order valence-electron chi connectivity index (χ1n) is 9.85. The van der Waals surface area contributed by atoms with Gasteiger partial charge in [0.1, 0.15) is 12.4 Å². The quantitative estimate of drug-likeness (QED) is 0.394. The highest BCUT2D eigenvalue weighted by Crippen LogP contribution is 2.31. The number of aliphatic imine (C=N–C) groups is 1. The third-order valence-electron chi connectivity index (χ3n) is 4.53. The van der Waals surface area contributed by atoms with E-state index in [1.165, 1.54) is 12.1 Å². The van der Waals surface area contributed by atoms with E-state index in [1.54, 1.807) is 36.4 Å². The summed E-state index contributed by atoms with van der Waals surface area (Å²) in [7, 11) is 0. The van der Waals surface area contributed by atoms with Crippen molar-refractivity contribution < 1.29 is 23.4 Å². The monoisotopic (exact) mass is 417 g/mol. The number of nitrogens with zero attached hydrogens (tertiary/aromatic N) is 1. The molecular weight excluding hydrogens is 397 g/mol. The zero-order valence-electron chi connectivity index (χ0n) is 16.9. The highest BCUT2D eigenvalue weighted by atomic mass is 19.1. The molecule has 0 atom stereocenters. The van der Waals surface area contributed by atoms with E-state index < -0.39 is 11.8 Å². The molecule has 1 heterocycles. The van der Waals surface area contributed by atoms with Gasteiger partial charge < -0.3 is 14.2 Å². The molecule has 3 aromatic carbocycles. The van der Waals surface area contributed by atoms with Gasteiger partial charge in [0.2, 0.25) is 5.90 Å². The molecule has 31 heavy (non-hydrogen) atoms. The number of benzene rings is 3. The Balaban J connectivity index is 1.57. The van der Waals surface area contributed by atoms with Crippen LogP contribution in [0.1, 0.15) is 23.6 Å². The summed E-state index contributed by atoms with van der Waals surface area (Å²) in [5.41, 5.74) is 1.94. The van der Waals surface area contributed by atoms with Crippen molar-refractivity contribution in [3.05, 3.63) is 101 Å². The van der Waals surface area contributed by atoms with Crippen LogP contribution in [0, 0.1) is 5.82 Å². The first-order chi connectivity index (χ1) is 15.1. The Hall–Kier alpha value is -3.93. The second-order valence-electron chi connectivity index (χ2n) is 6.73. The van der Waals surface area contributed by atoms with Gasteiger partial charge in [-0.1, -0.05) is 48.5 Å². The maximum Gasteiger partial charge on any atom is 0.363 e. The lowest BCUT2D eigenvalue weighted by molar-refractivity contribution is -0.129. The van der Waals surface area contributed by atoms with E-state index >= 15 is 0 Å². The number of hydrogen-bond acceptors (Lipinski definition) is 5. The van der Waals surface area contributed by atoms with Crippen molar-refractivity contribution in [1.29, 1.82) is 0 Å². The molecule has 0 saturated heterocycles. The lowest BCUT2D eigenvalue weighted by Gasteiger charge is -2.12. The van der Waals surface area contributed by atoms with Gasteiger partial charge in [0.05, 0.1) is 12.2 Å². The van der Waals surface area contributed by atoms with Gasteiger partial charge in [-0.25, -0.2) is 14.2 Å². The van der Waals surface area contributed by atoms with Crippen molar-refractivity contribution in [2.45, 2.75) is 13.5 Å². The van der Waals surface area contributed by atoms with Gasteiger partial charge in [0.25, 0.3) is 0 Å². The average Bonchev–Trinajstić information content (AvgIpc) is 3.14. The zero-order chi connectivity index (χ0) is 21.6. The summed E-state index contributed by atoms with van der Waals surface area (Å²) in [6.07, 6.45) is 1.57. The van der Waals surface area contributed by atoms with Crippen LogP contribution >= 0.6 is 0 Å². The van der Waals surface area contributed by atoms with Crippen LogP contribution in [0.5, 0.6) is 11.5 Å². The lowest BCUT2D eigenvalue weighted by Crippen LogP contribution is -2.07. The van der Waals surface area contributed by atoms with E-state index in [0.29, 0.717) is 30.3 Å². The molecule has 0 aliphatic carbocycles. The molecule has 0 saturated carbocycles. The fourth-order valence-electron chi connectivity index (χ4n) is 3.05. The van der Waals surface area contributed by atoms with Crippen LogP contribution in [0.2, 0.25) is 0 Å². The highest BCUT2D eigenvalue weighted by molar-refractivity contribution is 6.12. The van der Waals surface area contributed by atoms with Crippen LogP contribution in [0.15, 0.2) is 83.5 Å². The number of ether oxygens (including phenoxy) is 3. The van der Waals surface area contributed by atoms with Crippen molar-refractivity contribution >= 4 is 17.9 Å². The first kappa shape index (κ1) is 20.3. The predicted molar refractivity (Wildman–Crippen MR) is 115 cm³/mol. The predicted octanol–water partition coefficient (Wildman–Crippen LogP) is 5.15. The van der Waals surface area contributed by atoms with Gasteiger partial charge in [-0.15, -0.1) is 0 Å². The van der Waals surface area contributed by atoms with Crippen molar-refractivity contribution in [3.8, 4) is 11.5 Å². The van der Waals surface area contributed by atoms with Gasteiger partial charge in [-0.3, -0.25) is 0 Å². The van der Waals surface area contributed by atoms with E-state index in [0.717, 1.165) is 5.56 Å². The molecule has 156 valence electrons. The second kappa shape index (κ2) is 9.26. The standard InChI is InChI=1S/C25H20FNO4/c1-2-29-23-15-18(12-13-22(23)30-16-17-8-4-3-5-9-17)14-21-25(28)31-24(27-21)19-10-6-7-11-20(19)26/h3-15H,2,16H2,1H3. The normalized spacial score (nSPS) is 14.3. The fraction of sp³-hybridized carbons (Fsp3) is 0.120. The molecule has 0 spiro atoms. The van der Waals surface area contributed by atoms with Gasteiger partial charge in [-0.2, -0.15) is 0 Å². The third kappa shape index (κ3) is 4.80. The average molecular weight is 417 g/mol. The number of halogens is 1. The van der Waals surface area contributed by atoms with Crippen LogP contribution in [0.3, 0.4) is 0 Å². The third-order valence-corrected chi connectivity index (χ3v) is 4.53. The molecule has 0 unspecified atom stereocenters. The van der Waals surface area contributed by atoms with Gasteiger partial charge in [-0.05, 0) is 48.4 Å². The number of carbonyl (C=O) groups is 1. The summed E-state index contributed by atoms with van der Waals surface area (Å²) < 4.78 is 30.7. The summed E-state index contributed by atoms with van der Waals surface area (Å²) in [5.74, 6) is -0.0495. The largest absolute Gasteiger partial charge is 0.490 e. The molecule has 1 aliphatic heterocycles. The Labute approximate surface area is 179 Å². The summed E-state index contributed by atoms with van der Waals surface area (Å²) in [6, 6.07) is 21.2.